The lowest BCUT2D eigenvalue weighted by molar-refractivity contribution is -0.144. The summed E-state index contributed by atoms with van der Waals surface area (Å²) >= 11 is 0. The summed E-state index contributed by atoms with van der Waals surface area (Å²) < 4.78 is 0. The first-order valence-electron chi connectivity index (χ1n) is 9.07. The van der Waals surface area contributed by atoms with Gasteiger partial charge in [-0.15, -0.1) is 0 Å². The Hall–Kier alpha value is -1.10. The highest BCUT2D eigenvalue weighted by Gasteiger charge is 2.38. The highest BCUT2D eigenvalue weighted by Crippen LogP contribution is 2.32. The van der Waals surface area contributed by atoms with E-state index >= 15 is 0 Å². The molecule has 1 aliphatic carbocycles. The smallest absolute Gasteiger partial charge is 0.226 e. The van der Waals surface area contributed by atoms with Crippen LogP contribution in [0.15, 0.2) is 0 Å². The standard InChI is InChI=1S/C18H33N3O2/c1-18(2,3)19-16(22)14-8-5-6-9-15(14)17(23)21-11-7-10-20(4)12-13-21/h14-15H,5-13H2,1-4H3,(H,19,22)/t14-,15+/m1/s1. The minimum Gasteiger partial charge on any atom is -0.351 e. The van der Waals surface area contributed by atoms with E-state index in [1.54, 1.807) is 0 Å². The molecule has 0 spiro atoms. The zero-order chi connectivity index (χ0) is 17.0. The first-order valence-corrected chi connectivity index (χ1v) is 9.07. The summed E-state index contributed by atoms with van der Waals surface area (Å²) in [5.74, 6) is -0.0255. The van der Waals surface area contributed by atoms with E-state index in [-0.39, 0.29) is 29.2 Å². The molecule has 2 aliphatic rings. The van der Waals surface area contributed by atoms with E-state index < -0.39 is 0 Å². The molecule has 23 heavy (non-hydrogen) atoms. The predicted molar refractivity (Wildman–Crippen MR) is 92.0 cm³/mol. The van der Waals surface area contributed by atoms with Gasteiger partial charge in [0.1, 0.15) is 0 Å². The fraction of sp³-hybridized carbons (Fsp3) is 0.889. The second-order valence-corrected chi connectivity index (χ2v) is 8.22. The average molecular weight is 323 g/mol. The summed E-state index contributed by atoms with van der Waals surface area (Å²) in [5, 5.41) is 3.08. The van der Waals surface area contributed by atoms with Crippen LogP contribution in [-0.4, -0.2) is 60.4 Å². The van der Waals surface area contributed by atoms with Gasteiger partial charge in [-0.1, -0.05) is 12.8 Å². The number of hydrogen-bond acceptors (Lipinski definition) is 3. The van der Waals surface area contributed by atoms with Gasteiger partial charge in [0.05, 0.1) is 0 Å². The van der Waals surface area contributed by atoms with Crippen molar-refractivity contribution in [1.82, 2.24) is 15.1 Å². The third kappa shape index (κ3) is 5.20. The van der Waals surface area contributed by atoms with Gasteiger partial charge < -0.3 is 15.1 Å². The third-order valence-electron chi connectivity index (χ3n) is 4.95. The van der Waals surface area contributed by atoms with Crippen molar-refractivity contribution >= 4 is 11.8 Å². The van der Waals surface area contributed by atoms with Crippen LogP contribution in [0, 0.1) is 11.8 Å². The van der Waals surface area contributed by atoms with E-state index in [0.29, 0.717) is 0 Å². The van der Waals surface area contributed by atoms with Crippen LogP contribution < -0.4 is 5.32 Å². The molecular weight excluding hydrogens is 290 g/mol. The molecule has 0 unspecified atom stereocenters. The Kier molecular flexibility index (Phi) is 6.06. The Morgan fingerprint density at radius 3 is 2.22 bits per heavy atom. The fourth-order valence-electron chi connectivity index (χ4n) is 3.70. The topological polar surface area (TPSA) is 52.7 Å². The lowest BCUT2D eigenvalue weighted by atomic mass is 9.77. The number of nitrogens with one attached hydrogen (secondary N) is 1. The van der Waals surface area contributed by atoms with Crippen LogP contribution in [-0.2, 0) is 9.59 Å². The maximum absolute atomic E-state index is 13.0. The zero-order valence-electron chi connectivity index (χ0n) is 15.2. The van der Waals surface area contributed by atoms with Crippen molar-refractivity contribution in [2.45, 2.75) is 58.4 Å². The Balaban J connectivity index is 2.04. The van der Waals surface area contributed by atoms with Gasteiger partial charge >= 0.3 is 0 Å². The lowest BCUT2D eigenvalue weighted by Gasteiger charge is -2.35. The molecule has 1 heterocycles. The monoisotopic (exact) mass is 323 g/mol. The van der Waals surface area contributed by atoms with Crippen LogP contribution in [0.25, 0.3) is 0 Å². The maximum Gasteiger partial charge on any atom is 0.226 e. The zero-order valence-corrected chi connectivity index (χ0v) is 15.2. The van der Waals surface area contributed by atoms with Gasteiger partial charge in [-0.05, 0) is 53.6 Å². The van der Waals surface area contributed by atoms with E-state index in [4.69, 9.17) is 0 Å². The van der Waals surface area contributed by atoms with Gasteiger partial charge in [-0.25, -0.2) is 0 Å². The second kappa shape index (κ2) is 7.65. The number of amides is 2. The molecule has 0 aromatic heterocycles. The molecule has 2 amide bonds. The van der Waals surface area contributed by atoms with E-state index in [1.165, 1.54) is 0 Å². The minimum absolute atomic E-state index is 0.0579. The molecule has 5 nitrogen and oxygen atoms in total. The SMILES string of the molecule is CN1CCCN(C(=O)[C@H]2CCCC[C@H]2C(=O)NC(C)(C)C)CC1. The van der Waals surface area contributed by atoms with Crippen molar-refractivity contribution in [2.75, 3.05) is 33.2 Å². The molecule has 0 aromatic rings. The lowest BCUT2D eigenvalue weighted by Crippen LogP contribution is -2.50. The fourth-order valence-corrected chi connectivity index (χ4v) is 3.70. The van der Waals surface area contributed by atoms with E-state index in [2.05, 4.69) is 17.3 Å². The normalized spacial score (nSPS) is 27.4. The summed E-state index contributed by atoms with van der Waals surface area (Å²) in [5.41, 5.74) is -0.243. The van der Waals surface area contributed by atoms with Crippen molar-refractivity contribution in [3.63, 3.8) is 0 Å². The third-order valence-corrected chi connectivity index (χ3v) is 4.95. The van der Waals surface area contributed by atoms with Crippen molar-refractivity contribution in [1.29, 1.82) is 0 Å². The van der Waals surface area contributed by atoms with Crippen LogP contribution in [0.4, 0.5) is 0 Å². The van der Waals surface area contributed by atoms with Gasteiger partial charge in [-0.3, -0.25) is 9.59 Å². The van der Waals surface area contributed by atoms with E-state index in [1.807, 2.05) is 25.7 Å². The molecule has 1 saturated carbocycles. The molecule has 0 aromatic carbocycles. The molecular formula is C18H33N3O2. The average Bonchev–Trinajstić information content (AvgIpc) is 2.69. The molecule has 1 N–H and O–H groups in total. The number of rotatable bonds is 2. The summed E-state index contributed by atoms with van der Waals surface area (Å²) in [6, 6.07) is 0. The quantitative estimate of drug-likeness (QED) is 0.844. The Morgan fingerprint density at radius 2 is 1.57 bits per heavy atom. The van der Waals surface area contributed by atoms with Crippen LogP contribution in [0.3, 0.4) is 0 Å². The number of carbonyl (C=O) groups is 2. The van der Waals surface area contributed by atoms with Crippen LogP contribution in [0.2, 0.25) is 0 Å². The van der Waals surface area contributed by atoms with E-state index in [9.17, 15) is 9.59 Å². The van der Waals surface area contributed by atoms with Crippen LogP contribution in [0.5, 0.6) is 0 Å². The number of nitrogens with zero attached hydrogens (tertiary/aromatic N) is 2. The Labute approximate surface area is 140 Å². The van der Waals surface area contributed by atoms with Crippen LogP contribution >= 0.6 is 0 Å². The van der Waals surface area contributed by atoms with E-state index in [0.717, 1.165) is 58.3 Å². The van der Waals surface area contributed by atoms with Gasteiger partial charge in [0.25, 0.3) is 0 Å². The Bertz CT molecular complexity index is 430. The first-order chi connectivity index (χ1) is 10.8. The largest absolute Gasteiger partial charge is 0.351 e. The van der Waals surface area contributed by atoms with Crippen molar-refractivity contribution < 1.29 is 9.59 Å². The highest BCUT2D eigenvalue weighted by atomic mass is 16.2. The first kappa shape index (κ1) is 18.2. The number of hydrogen-bond donors (Lipinski definition) is 1. The van der Waals surface area contributed by atoms with Crippen molar-refractivity contribution in [3.8, 4) is 0 Å². The minimum atomic E-state index is -0.243. The molecule has 0 radical (unpaired) electrons. The number of likely N-dealkylation sites (N-methyl/N-ethyl adjacent to an activating group) is 1. The maximum atomic E-state index is 13.0. The van der Waals surface area contributed by atoms with Crippen molar-refractivity contribution in [2.24, 2.45) is 11.8 Å². The van der Waals surface area contributed by atoms with Gasteiger partial charge in [0.15, 0.2) is 0 Å². The summed E-state index contributed by atoms with van der Waals surface area (Å²) in [7, 11) is 2.11. The summed E-state index contributed by atoms with van der Waals surface area (Å²) in [4.78, 5) is 29.9. The molecule has 2 rings (SSSR count). The molecule has 5 heteroatoms. The predicted octanol–water partition coefficient (Wildman–Crippen LogP) is 1.87. The van der Waals surface area contributed by atoms with Gasteiger partial charge in [-0.2, -0.15) is 0 Å². The molecule has 2 fully saturated rings. The Morgan fingerprint density at radius 1 is 0.913 bits per heavy atom. The molecule has 0 bridgehead atoms. The molecule has 132 valence electrons. The van der Waals surface area contributed by atoms with Crippen LogP contribution in [0.1, 0.15) is 52.9 Å². The summed E-state index contributed by atoms with van der Waals surface area (Å²) in [6.07, 6.45) is 4.82. The molecule has 1 saturated heterocycles. The molecule has 1 aliphatic heterocycles. The summed E-state index contributed by atoms with van der Waals surface area (Å²) in [6.45, 7) is 9.58. The van der Waals surface area contributed by atoms with Gasteiger partial charge in [0, 0.05) is 37.0 Å². The van der Waals surface area contributed by atoms with Gasteiger partial charge in [0.2, 0.25) is 11.8 Å². The highest BCUT2D eigenvalue weighted by molar-refractivity contribution is 5.88. The number of carbonyl (C=O) groups excluding carboxylic acids is 2. The van der Waals surface area contributed by atoms with Crippen molar-refractivity contribution in [3.05, 3.63) is 0 Å². The second-order valence-electron chi connectivity index (χ2n) is 8.22. The molecule has 2 atom stereocenters.